The monoisotopic (exact) mass is 382 g/mol. The molecule has 1 N–H and O–H groups in total. The SMILES string of the molecule is CCCOc1ccc(N=c2ssc3c2-c2ccccc2NC3(C)C)cc1. The molecule has 5 heteroatoms. The van der Waals surface area contributed by atoms with Crippen LogP contribution in [0.25, 0.3) is 11.1 Å². The van der Waals surface area contributed by atoms with Gasteiger partial charge in [0.05, 0.1) is 22.7 Å². The molecule has 134 valence electrons. The molecule has 2 heterocycles. The van der Waals surface area contributed by atoms with Crippen molar-refractivity contribution in [1.29, 1.82) is 0 Å². The highest BCUT2D eigenvalue weighted by Crippen LogP contribution is 2.45. The van der Waals surface area contributed by atoms with Gasteiger partial charge in [-0.3, -0.25) is 0 Å². The highest BCUT2D eigenvalue weighted by atomic mass is 32.9. The molecule has 0 atom stereocenters. The van der Waals surface area contributed by atoms with Crippen molar-refractivity contribution in [2.45, 2.75) is 32.7 Å². The van der Waals surface area contributed by atoms with Crippen molar-refractivity contribution in [3.05, 3.63) is 58.1 Å². The van der Waals surface area contributed by atoms with Gasteiger partial charge in [-0.1, -0.05) is 45.8 Å². The number of hydrogen-bond donors (Lipinski definition) is 1. The van der Waals surface area contributed by atoms with Gasteiger partial charge in [-0.2, -0.15) is 0 Å². The predicted molar refractivity (Wildman–Crippen MR) is 112 cm³/mol. The van der Waals surface area contributed by atoms with Gasteiger partial charge in [0.1, 0.15) is 10.4 Å². The number of para-hydroxylation sites is 1. The molecule has 3 nitrogen and oxygen atoms in total. The zero-order valence-corrected chi connectivity index (χ0v) is 16.8. The van der Waals surface area contributed by atoms with Gasteiger partial charge >= 0.3 is 0 Å². The minimum absolute atomic E-state index is 0.0868. The van der Waals surface area contributed by atoms with Crippen LogP contribution in [0, 0.1) is 0 Å². The zero-order valence-electron chi connectivity index (χ0n) is 15.2. The summed E-state index contributed by atoms with van der Waals surface area (Å²) in [5.74, 6) is 0.900. The minimum atomic E-state index is -0.0868. The standard InChI is InChI=1S/C21H22N2OS2/c1-4-13-24-15-11-9-14(10-12-15)22-20-18-16-7-5-6-8-17(16)23-21(2,3)19(18)25-26-20/h5-12,23H,4,13H2,1-3H3. The largest absolute Gasteiger partial charge is 0.494 e. The number of fused-ring (bicyclic) bond motifs is 3. The van der Waals surface area contributed by atoms with Crippen molar-refractivity contribution in [1.82, 2.24) is 0 Å². The smallest absolute Gasteiger partial charge is 0.135 e. The molecule has 0 amide bonds. The van der Waals surface area contributed by atoms with Crippen LogP contribution in [-0.2, 0) is 5.54 Å². The van der Waals surface area contributed by atoms with Gasteiger partial charge in [0.25, 0.3) is 0 Å². The number of benzene rings is 2. The molecule has 0 saturated carbocycles. The Bertz CT molecular complexity index is 984. The number of ether oxygens (including phenoxy) is 1. The lowest BCUT2D eigenvalue weighted by molar-refractivity contribution is 0.317. The summed E-state index contributed by atoms with van der Waals surface area (Å²) in [5.41, 5.74) is 4.55. The number of nitrogens with zero attached hydrogens (tertiary/aromatic N) is 1. The van der Waals surface area contributed by atoms with Gasteiger partial charge in [-0.05, 0) is 50.6 Å². The molecule has 4 rings (SSSR count). The molecule has 3 aromatic rings. The summed E-state index contributed by atoms with van der Waals surface area (Å²) >= 11 is 0. The molecule has 1 aliphatic rings. The number of nitrogens with one attached hydrogen (secondary N) is 1. The van der Waals surface area contributed by atoms with E-state index in [1.165, 1.54) is 21.7 Å². The van der Waals surface area contributed by atoms with E-state index in [9.17, 15) is 0 Å². The van der Waals surface area contributed by atoms with Gasteiger partial charge in [0, 0.05) is 16.8 Å². The number of rotatable bonds is 4. The lowest BCUT2D eigenvalue weighted by Crippen LogP contribution is -2.31. The van der Waals surface area contributed by atoms with Crippen molar-refractivity contribution >= 4 is 32.1 Å². The quantitative estimate of drug-likeness (QED) is 0.548. The molecule has 0 unspecified atom stereocenters. The van der Waals surface area contributed by atoms with E-state index in [0.717, 1.165) is 29.1 Å². The first-order valence-electron chi connectivity index (χ1n) is 8.87. The van der Waals surface area contributed by atoms with Crippen molar-refractivity contribution in [3.63, 3.8) is 0 Å². The van der Waals surface area contributed by atoms with Gasteiger partial charge < -0.3 is 10.1 Å². The Kier molecular flexibility index (Phi) is 4.59. The summed E-state index contributed by atoms with van der Waals surface area (Å²) < 4.78 is 6.74. The fourth-order valence-corrected chi connectivity index (χ4v) is 6.09. The van der Waals surface area contributed by atoms with Crippen LogP contribution in [0.2, 0.25) is 0 Å². The van der Waals surface area contributed by atoms with Crippen molar-refractivity contribution in [2.24, 2.45) is 4.99 Å². The minimum Gasteiger partial charge on any atom is -0.494 e. The molecule has 1 aromatic heterocycles. The van der Waals surface area contributed by atoms with Crippen molar-refractivity contribution in [3.8, 4) is 16.9 Å². The fourth-order valence-electron chi connectivity index (χ4n) is 3.15. The van der Waals surface area contributed by atoms with E-state index in [-0.39, 0.29) is 5.54 Å². The number of anilines is 1. The summed E-state index contributed by atoms with van der Waals surface area (Å²) in [7, 11) is 3.56. The second-order valence-corrected chi connectivity index (χ2v) is 9.05. The highest BCUT2D eigenvalue weighted by Gasteiger charge is 2.33. The first kappa shape index (κ1) is 17.3. The van der Waals surface area contributed by atoms with Crippen LogP contribution in [0.5, 0.6) is 5.75 Å². The van der Waals surface area contributed by atoms with E-state index in [2.05, 4.69) is 50.4 Å². The zero-order chi connectivity index (χ0) is 18.1. The maximum absolute atomic E-state index is 5.66. The van der Waals surface area contributed by atoms with Crippen LogP contribution in [0.1, 0.15) is 32.1 Å². The Morgan fingerprint density at radius 1 is 1.04 bits per heavy atom. The topological polar surface area (TPSA) is 33.6 Å². The van der Waals surface area contributed by atoms with Crippen LogP contribution < -0.4 is 14.7 Å². The van der Waals surface area contributed by atoms with Crippen LogP contribution in [0.4, 0.5) is 11.4 Å². The lowest BCUT2D eigenvalue weighted by atomic mass is 9.90. The van der Waals surface area contributed by atoms with E-state index >= 15 is 0 Å². The average Bonchev–Trinajstić information content (AvgIpc) is 3.06. The first-order valence-corrected chi connectivity index (χ1v) is 11.0. The summed E-state index contributed by atoms with van der Waals surface area (Å²) in [4.78, 5) is 6.30. The van der Waals surface area contributed by atoms with Gasteiger partial charge in [0.15, 0.2) is 0 Å². The molecule has 26 heavy (non-hydrogen) atoms. The predicted octanol–water partition coefficient (Wildman–Crippen LogP) is 6.16. The lowest BCUT2D eigenvalue weighted by Gasteiger charge is -2.33. The Morgan fingerprint density at radius 3 is 2.58 bits per heavy atom. The first-order chi connectivity index (χ1) is 12.6. The molecule has 1 aliphatic heterocycles. The van der Waals surface area contributed by atoms with Gasteiger partial charge in [-0.15, -0.1) is 0 Å². The molecular weight excluding hydrogens is 360 g/mol. The van der Waals surface area contributed by atoms with E-state index in [0.29, 0.717) is 0 Å². The normalized spacial score (nSPS) is 15.1. The molecule has 0 fully saturated rings. The second-order valence-electron chi connectivity index (χ2n) is 6.93. The molecule has 0 saturated heterocycles. The fraction of sp³-hybridized carbons (Fsp3) is 0.286. The molecule has 0 spiro atoms. The third kappa shape index (κ3) is 3.17. The summed E-state index contributed by atoms with van der Waals surface area (Å²) in [6.07, 6.45) is 1.01. The Hall–Kier alpha value is -2.11. The third-order valence-corrected chi connectivity index (χ3v) is 7.04. The summed E-state index contributed by atoms with van der Waals surface area (Å²) in [6, 6.07) is 16.5. The highest BCUT2D eigenvalue weighted by molar-refractivity contribution is 7.68. The van der Waals surface area contributed by atoms with Gasteiger partial charge in [0.2, 0.25) is 0 Å². The maximum atomic E-state index is 5.66. The van der Waals surface area contributed by atoms with E-state index in [1.807, 2.05) is 34.6 Å². The molecule has 0 radical (unpaired) electrons. The Morgan fingerprint density at radius 2 is 1.81 bits per heavy atom. The number of hydrogen-bond acceptors (Lipinski definition) is 5. The molecular formula is C21H22N2OS2. The van der Waals surface area contributed by atoms with Crippen LogP contribution >= 0.6 is 20.7 Å². The van der Waals surface area contributed by atoms with Gasteiger partial charge in [-0.25, -0.2) is 4.99 Å². The Balaban J connectivity index is 1.78. The van der Waals surface area contributed by atoms with E-state index in [4.69, 9.17) is 9.73 Å². The molecule has 0 bridgehead atoms. The molecule has 2 aromatic carbocycles. The summed E-state index contributed by atoms with van der Waals surface area (Å²) in [5, 5.41) is 3.66. The van der Waals surface area contributed by atoms with Crippen LogP contribution in [-0.4, -0.2) is 6.61 Å². The van der Waals surface area contributed by atoms with Crippen molar-refractivity contribution < 1.29 is 4.74 Å². The van der Waals surface area contributed by atoms with Crippen LogP contribution in [0.15, 0.2) is 53.5 Å². The maximum Gasteiger partial charge on any atom is 0.135 e. The molecule has 0 aliphatic carbocycles. The second kappa shape index (κ2) is 6.89. The van der Waals surface area contributed by atoms with E-state index in [1.54, 1.807) is 10.3 Å². The summed E-state index contributed by atoms with van der Waals surface area (Å²) in [6.45, 7) is 7.32. The van der Waals surface area contributed by atoms with Crippen molar-refractivity contribution in [2.75, 3.05) is 11.9 Å². The van der Waals surface area contributed by atoms with E-state index < -0.39 is 0 Å². The average molecular weight is 383 g/mol. The Labute approximate surface area is 161 Å². The third-order valence-electron chi connectivity index (χ3n) is 4.40. The van der Waals surface area contributed by atoms with Crippen LogP contribution in [0.3, 0.4) is 0 Å².